The van der Waals surface area contributed by atoms with Gasteiger partial charge in [0.05, 0.1) is 17.8 Å². The van der Waals surface area contributed by atoms with Crippen LogP contribution in [0.1, 0.15) is 10.4 Å². The number of halogens is 1. The van der Waals surface area contributed by atoms with Gasteiger partial charge in [-0.05, 0) is 34.1 Å². The van der Waals surface area contributed by atoms with Crippen molar-refractivity contribution < 1.29 is 14.7 Å². The number of hydrogen-bond donors (Lipinski definition) is 3. The molecular formula is C13H16BrN3O3. The molecule has 2 rings (SSSR count). The maximum Gasteiger partial charge on any atom is 0.335 e. The number of nitrogens with one attached hydrogen (secondary N) is 2. The summed E-state index contributed by atoms with van der Waals surface area (Å²) in [4.78, 5) is 25.0. The zero-order valence-electron chi connectivity index (χ0n) is 10.9. The molecule has 3 N–H and O–H groups in total. The Labute approximate surface area is 125 Å². The van der Waals surface area contributed by atoms with Crippen molar-refractivity contribution in [2.75, 3.05) is 38.0 Å². The SMILES string of the molecule is O=C(CN1CCNCC1)Nc1cc(C(=O)O)ccc1Br. The van der Waals surface area contributed by atoms with Crippen LogP contribution in [0.2, 0.25) is 0 Å². The van der Waals surface area contributed by atoms with Gasteiger partial charge in [0.1, 0.15) is 0 Å². The predicted molar refractivity (Wildman–Crippen MR) is 79.0 cm³/mol. The monoisotopic (exact) mass is 341 g/mol. The second-order valence-electron chi connectivity index (χ2n) is 4.57. The van der Waals surface area contributed by atoms with Gasteiger partial charge >= 0.3 is 5.97 Å². The van der Waals surface area contributed by atoms with Crippen molar-refractivity contribution in [2.24, 2.45) is 0 Å². The van der Waals surface area contributed by atoms with Crippen molar-refractivity contribution in [1.82, 2.24) is 10.2 Å². The summed E-state index contributed by atoms with van der Waals surface area (Å²) in [5, 5.41) is 14.9. The molecule has 7 heteroatoms. The Kier molecular flexibility index (Phi) is 5.11. The molecule has 0 bridgehead atoms. The van der Waals surface area contributed by atoms with E-state index in [4.69, 9.17) is 5.11 Å². The highest BCUT2D eigenvalue weighted by atomic mass is 79.9. The molecule has 0 aliphatic carbocycles. The van der Waals surface area contributed by atoms with Gasteiger partial charge in [-0.25, -0.2) is 4.79 Å². The summed E-state index contributed by atoms with van der Waals surface area (Å²) in [7, 11) is 0. The average Bonchev–Trinajstić information content (AvgIpc) is 2.42. The Hall–Kier alpha value is -1.44. The Bertz CT molecular complexity index is 516. The van der Waals surface area contributed by atoms with Gasteiger partial charge in [0.25, 0.3) is 0 Å². The zero-order chi connectivity index (χ0) is 14.5. The van der Waals surface area contributed by atoms with E-state index in [1.54, 1.807) is 6.07 Å². The summed E-state index contributed by atoms with van der Waals surface area (Å²) < 4.78 is 0.663. The van der Waals surface area contributed by atoms with Crippen LogP contribution in [0.5, 0.6) is 0 Å². The number of aromatic carboxylic acids is 1. The summed E-state index contributed by atoms with van der Waals surface area (Å²) in [5.41, 5.74) is 0.621. The minimum Gasteiger partial charge on any atom is -0.478 e. The first-order valence-electron chi connectivity index (χ1n) is 6.32. The molecule has 0 spiro atoms. The molecule has 0 aromatic heterocycles. The highest BCUT2D eigenvalue weighted by Crippen LogP contribution is 2.23. The number of hydrogen-bond acceptors (Lipinski definition) is 4. The third-order valence-electron chi connectivity index (χ3n) is 3.06. The van der Waals surface area contributed by atoms with Crippen molar-refractivity contribution in [1.29, 1.82) is 0 Å². The number of carbonyl (C=O) groups excluding carboxylic acids is 1. The number of anilines is 1. The Morgan fingerprint density at radius 3 is 2.70 bits per heavy atom. The number of carboxylic acid groups (broad SMARTS) is 1. The predicted octanol–water partition coefficient (Wildman–Crippen LogP) is 0.991. The van der Waals surface area contributed by atoms with E-state index >= 15 is 0 Å². The summed E-state index contributed by atoms with van der Waals surface area (Å²) in [6.45, 7) is 3.75. The molecule has 108 valence electrons. The second-order valence-corrected chi connectivity index (χ2v) is 5.43. The summed E-state index contributed by atoms with van der Waals surface area (Å²) >= 11 is 3.30. The number of carbonyl (C=O) groups is 2. The summed E-state index contributed by atoms with van der Waals surface area (Å²) in [6.07, 6.45) is 0. The molecule has 1 amide bonds. The molecule has 1 fully saturated rings. The van der Waals surface area contributed by atoms with Gasteiger partial charge in [0.15, 0.2) is 0 Å². The van der Waals surface area contributed by atoms with Crippen LogP contribution in [0.3, 0.4) is 0 Å². The number of carboxylic acids is 1. The third kappa shape index (κ3) is 4.03. The van der Waals surface area contributed by atoms with E-state index in [0.29, 0.717) is 16.7 Å². The fraction of sp³-hybridized carbons (Fsp3) is 0.385. The van der Waals surface area contributed by atoms with Crippen LogP contribution in [0.4, 0.5) is 5.69 Å². The lowest BCUT2D eigenvalue weighted by Crippen LogP contribution is -2.46. The van der Waals surface area contributed by atoms with Crippen molar-refractivity contribution in [3.05, 3.63) is 28.2 Å². The van der Waals surface area contributed by atoms with E-state index in [9.17, 15) is 9.59 Å². The van der Waals surface area contributed by atoms with Gasteiger partial charge in [-0.15, -0.1) is 0 Å². The second kappa shape index (κ2) is 6.83. The lowest BCUT2D eigenvalue weighted by molar-refractivity contribution is -0.117. The standard InChI is InChI=1S/C13H16BrN3O3/c14-10-2-1-9(13(19)20)7-11(10)16-12(18)8-17-5-3-15-4-6-17/h1-2,7,15H,3-6,8H2,(H,16,18)(H,19,20). The first kappa shape index (κ1) is 15.0. The Morgan fingerprint density at radius 1 is 1.35 bits per heavy atom. The molecule has 1 heterocycles. The third-order valence-corrected chi connectivity index (χ3v) is 3.76. The van der Waals surface area contributed by atoms with Crippen molar-refractivity contribution in [3.8, 4) is 0 Å². The quantitative estimate of drug-likeness (QED) is 0.760. The largest absolute Gasteiger partial charge is 0.478 e. The molecule has 1 saturated heterocycles. The molecular weight excluding hydrogens is 326 g/mol. The maximum absolute atomic E-state index is 12.0. The number of benzene rings is 1. The zero-order valence-corrected chi connectivity index (χ0v) is 12.4. The van der Waals surface area contributed by atoms with Crippen LogP contribution in [-0.2, 0) is 4.79 Å². The number of rotatable bonds is 4. The van der Waals surface area contributed by atoms with Crippen LogP contribution in [0, 0.1) is 0 Å². The van der Waals surface area contributed by atoms with Gasteiger partial charge in [0.2, 0.25) is 5.91 Å². The van der Waals surface area contributed by atoms with Crippen LogP contribution >= 0.6 is 15.9 Å². The minimum absolute atomic E-state index is 0.143. The molecule has 0 atom stereocenters. The normalized spacial score (nSPS) is 15.8. The molecule has 0 radical (unpaired) electrons. The molecule has 0 saturated carbocycles. The Balaban J connectivity index is 1.99. The highest BCUT2D eigenvalue weighted by Gasteiger charge is 2.15. The number of amides is 1. The van der Waals surface area contributed by atoms with Crippen LogP contribution in [0.25, 0.3) is 0 Å². The van der Waals surface area contributed by atoms with E-state index in [2.05, 4.69) is 31.5 Å². The van der Waals surface area contributed by atoms with Crippen molar-refractivity contribution >= 4 is 33.5 Å². The fourth-order valence-electron chi connectivity index (χ4n) is 2.02. The molecule has 20 heavy (non-hydrogen) atoms. The Morgan fingerprint density at radius 2 is 2.05 bits per heavy atom. The van der Waals surface area contributed by atoms with Crippen molar-refractivity contribution in [3.63, 3.8) is 0 Å². The lowest BCUT2D eigenvalue weighted by Gasteiger charge is -2.26. The summed E-state index contributed by atoms with van der Waals surface area (Å²) in [5.74, 6) is -1.16. The van der Waals surface area contributed by atoms with E-state index in [0.717, 1.165) is 26.2 Å². The molecule has 1 aromatic rings. The smallest absolute Gasteiger partial charge is 0.335 e. The van der Waals surface area contributed by atoms with Gasteiger partial charge in [-0.2, -0.15) is 0 Å². The average molecular weight is 342 g/mol. The van der Waals surface area contributed by atoms with E-state index in [1.807, 2.05) is 0 Å². The molecule has 1 aliphatic rings. The molecule has 0 unspecified atom stereocenters. The molecule has 1 aromatic carbocycles. The van der Waals surface area contributed by atoms with Crippen molar-refractivity contribution in [2.45, 2.75) is 0 Å². The number of nitrogens with zero attached hydrogens (tertiary/aromatic N) is 1. The van der Waals surface area contributed by atoms with E-state index in [-0.39, 0.29) is 11.5 Å². The maximum atomic E-state index is 12.0. The highest BCUT2D eigenvalue weighted by molar-refractivity contribution is 9.10. The van der Waals surface area contributed by atoms with E-state index in [1.165, 1.54) is 12.1 Å². The van der Waals surface area contributed by atoms with Crippen LogP contribution in [0.15, 0.2) is 22.7 Å². The van der Waals surface area contributed by atoms with Gasteiger partial charge < -0.3 is 15.7 Å². The van der Waals surface area contributed by atoms with Crippen LogP contribution < -0.4 is 10.6 Å². The lowest BCUT2D eigenvalue weighted by atomic mass is 10.2. The first-order chi connectivity index (χ1) is 9.56. The van der Waals surface area contributed by atoms with Crippen LogP contribution in [-0.4, -0.2) is 54.6 Å². The summed E-state index contributed by atoms with van der Waals surface area (Å²) in [6, 6.07) is 4.55. The minimum atomic E-state index is -1.02. The topological polar surface area (TPSA) is 81.7 Å². The fourth-order valence-corrected chi connectivity index (χ4v) is 2.36. The van der Waals surface area contributed by atoms with E-state index < -0.39 is 5.97 Å². The van der Waals surface area contributed by atoms with Gasteiger partial charge in [-0.3, -0.25) is 9.69 Å². The van der Waals surface area contributed by atoms with Gasteiger partial charge in [-0.1, -0.05) is 0 Å². The van der Waals surface area contributed by atoms with Gasteiger partial charge in [0, 0.05) is 30.7 Å². The molecule has 1 aliphatic heterocycles. The first-order valence-corrected chi connectivity index (χ1v) is 7.11. The number of piperazine rings is 1. The molecule has 6 nitrogen and oxygen atoms in total.